The molecule has 0 spiro atoms. The highest BCUT2D eigenvalue weighted by atomic mass is 32.1. The van der Waals surface area contributed by atoms with Gasteiger partial charge in [-0.2, -0.15) is 0 Å². The summed E-state index contributed by atoms with van der Waals surface area (Å²) < 4.78 is 13.2. The van der Waals surface area contributed by atoms with Gasteiger partial charge in [0.1, 0.15) is 10.8 Å². The average Bonchev–Trinajstić information content (AvgIpc) is 3.19. The Labute approximate surface area is 160 Å². The van der Waals surface area contributed by atoms with E-state index in [2.05, 4.69) is 10.3 Å². The van der Waals surface area contributed by atoms with Crippen molar-refractivity contribution in [2.75, 3.05) is 5.32 Å². The zero-order chi connectivity index (χ0) is 18.6. The minimum Gasteiger partial charge on any atom is -0.322 e. The SMILES string of the molecule is O=C(Nc1ccc(-c2csc(-c3ccccc3)n2)cc1)c1cccc(F)c1. The van der Waals surface area contributed by atoms with Crippen LogP contribution in [0, 0.1) is 5.82 Å². The number of hydrogen-bond acceptors (Lipinski definition) is 3. The Balaban J connectivity index is 1.49. The fourth-order valence-electron chi connectivity index (χ4n) is 2.68. The van der Waals surface area contributed by atoms with E-state index in [0.29, 0.717) is 5.69 Å². The number of hydrogen-bond donors (Lipinski definition) is 1. The molecule has 0 atom stereocenters. The summed E-state index contributed by atoms with van der Waals surface area (Å²) in [6.45, 7) is 0. The number of carbonyl (C=O) groups excluding carboxylic acids is 1. The predicted molar refractivity (Wildman–Crippen MR) is 107 cm³/mol. The van der Waals surface area contributed by atoms with Crippen LogP contribution in [-0.4, -0.2) is 10.9 Å². The number of nitrogens with one attached hydrogen (secondary N) is 1. The lowest BCUT2D eigenvalue weighted by molar-refractivity contribution is 0.102. The topological polar surface area (TPSA) is 42.0 Å². The standard InChI is InChI=1S/C22H15FN2OS/c23-18-8-4-7-17(13-18)21(26)24-19-11-9-15(10-12-19)20-14-27-22(25-20)16-5-2-1-3-6-16/h1-14H,(H,24,26). The molecule has 4 rings (SSSR count). The molecule has 27 heavy (non-hydrogen) atoms. The number of halogens is 1. The van der Waals surface area contributed by atoms with Gasteiger partial charge in [-0.05, 0) is 30.3 Å². The molecule has 0 saturated heterocycles. The summed E-state index contributed by atoms with van der Waals surface area (Å²) in [6.07, 6.45) is 0. The van der Waals surface area contributed by atoms with Crippen molar-refractivity contribution < 1.29 is 9.18 Å². The van der Waals surface area contributed by atoms with Crippen LogP contribution >= 0.6 is 11.3 Å². The number of aromatic nitrogens is 1. The number of benzene rings is 3. The van der Waals surface area contributed by atoms with Crippen molar-refractivity contribution in [1.29, 1.82) is 0 Å². The van der Waals surface area contributed by atoms with Gasteiger partial charge >= 0.3 is 0 Å². The zero-order valence-corrected chi connectivity index (χ0v) is 15.0. The van der Waals surface area contributed by atoms with E-state index in [0.717, 1.165) is 21.8 Å². The van der Waals surface area contributed by atoms with Crippen LogP contribution in [0.15, 0.2) is 84.2 Å². The molecule has 0 aliphatic heterocycles. The second-order valence-electron chi connectivity index (χ2n) is 5.95. The van der Waals surface area contributed by atoms with Crippen molar-refractivity contribution in [3.63, 3.8) is 0 Å². The van der Waals surface area contributed by atoms with Crippen molar-refractivity contribution in [3.8, 4) is 21.8 Å². The summed E-state index contributed by atoms with van der Waals surface area (Å²) in [7, 11) is 0. The summed E-state index contributed by atoms with van der Waals surface area (Å²) >= 11 is 1.59. The van der Waals surface area contributed by atoms with E-state index >= 15 is 0 Å². The lowest BCUT2D eigenvalue weighted by atomic mass is 10.1. The number of carbonyl (C=O) groups is 1. The molecule has 0 radical (unpaired) electrons. The quantitative estimate of drug-likeness (QED) is 0.485. The van der Waals surface area contributed by atoms with Gasteiger partial charge in [0.25, 0.3) is 5.91 Å². The third-order valence-electron chi connectivity index (χ3n) is 4.05. The molecule has 0 unspecified atom stereocenters. The van der Waals surface area contributed by atoms with Gasteiger partial charge < -0.3 is 5.32 Å². The minimum atomic E-state index is -0.434. The van der Waals surface area contributed by atoms with Crippen LogP contribution in [-0.2, 0) is 0 Å². The number of rotatable bonds is 4. The van der Waals surface area contributed by atoms with E-state index in [9.17, 15) is 9.18 Å². The van der Waals surface area contributed by atoms with Crippen molar-refractivity contribution >= 4 is 22.9 Å². The third kappa shape index (κ3) is 3.93. The van der Waals surface area contributed by atoms with E-state index in [4.69, 9.17) is 0 Å². The number of nitrogens with zero attached hydrogens (tertiary/aromatic N) is 1. The van der Waals surface area contributed by atoms with E-state index < -0.39 is 5.82 Å². The molecule has 4 aromatic rings. The van der Waals surface area contributed by atoms with Gasteiger partial charge in [0.2, 0.25) is 0 Å². The van der Waals surface area contributed by atoms with Crippen LogP contribution in [0.1, 0.15) is 10.4 Å². The van der Waals surface area contributed by atoms with Gasteiger partial charge in [-0.3, -0.25) is 4.79 Å². The smallest absolute Gasteiger partial charge is 0.255 e. The van der Waals surface area contributed by atoms with Crippen LogP contribution in [0.2, 0.25) is 0 Å². The van der Waals surface area contributed by atoms with Crippen molar-refractivity contribution in [2.24, 2.45) is 0 Å². The Bertz CT molecular complexity index is 1070. The summed E-state index contributed by atoms with van der Waals surface area (Å²) in [4.78, 5) is 16.9. The molecule has 132 valence electrons. The zero-order valence-electron chi connectivity index (χ0n) is 14.2. The van der Waals surface area contributed by atoms with Crippen LogP contribution in [0.3, 0.4) is 0 Å². The second kappa shape index (κ2) is 7.51. The summed E-state index contributed by atoms with van der Waals surface area (Å²) in [6, 6.07) is 23.1. The van der Waals surface area contributed by atoms with Crippen molar-refractivity contribution in [2.45, 2.75) is 0 Å². The molecule has 0 fully saturated rings. The second-order valence-corrected chi connectivity index (χ2v) is 6.80. The average molecular weight is 374 g/mol. The molecule has 0 bridgehead atoms. The normalized spacial score (nSPS) is 10.6. The lowest BCUT2D eigenvalue weighted by Gasteiger charge is -2.06. The molecule has 0 aliphatic carbocycles. The van der Waals surface area contributed by atoms with Gasteiger partial charge in [0, 0.05) is 27.8 Å². The number of amides is 1. The molecule has 1 aromatic heterocycles. The first kappa shape index (κ1) is 17.1. The first-order chi connectivity index (χ1) is 13.2. The molecule has 1 heterocycles. The van der Waals surface area contributed by atoms with Crippen molar-refractivity contribution in [1.82, 2.24) is 4.98 Å². The summed E-state index contributed by atoms with van der Waals surface area (Å²) in [5.74, 6) is -0.780. The molecule has 5 heteroatoms. The molecule has 3 nitrogen and oxygen atoms in total. The molecule has 0 saturated carbocycles. The van der Waals surface area contributed by atoms with Crippen LogP contribution in [0.4, 0.5) is 10.1 Å². The maximum absolute atomic E-state index is 13.2. The Morgan fingerprint density at radius 1 is 0.889 bits per heavy atom. The van der Waals surface area contributed by atoms with Gasteiger partial charge in [-0.25, -0.2) is 9.37 Å². The molecule has 3 aromatic carbocycles. The minimum absolute atomic E-state index is 0.283. The highest BCUT2D eigenvalue weighted by molar-refractivity contribution is 7.13. The maximum Gasteiger partial charge on any atom is 0.255 e. The van der Waals surface area contributed by atoms with Gasteiger partial charge in [0.15, 0.2) is 0 Å². The Morgan fingerprint density at radius 2 is 1.67 bits per heavy atom. The Morgan fingerprint density at radius 3 is 2.41 bits per heavy atom. The third-order valence-corrected chi connectivity index (χ3v) is 4.94. The van der Waals surface area contributed by atoms with Crippen LogP contribution in [0.5, 0.6) is 0 Å². The largest absolute Gasteiger partial charge is 0.322 e. The van der Waals surface area contributed by atoms with Crippen LogP contribution < -0.4 is 5.32 Å². The first-order valence-electron chi connectivity index (χ1n) is 8.37. The lowest BCUT2D eigenvalue weighted by Crippen LogP contribution is -2.11. The fraction of sp³-hybridized carbons (Fsp3) is 0. The van der Waals surface area contributed by atoms with E-state index in [1.165, 1.54) is 18.2 Å². The first-order valence-corrected chi connectivity index (χ1v) is 9.25. The van der Waals surface area contributed by atoms with E-state index in [1.54, 1.807) is 17.4 Å². The number of anilines is 1. The summed E-state index contributed by atoms with van der Waals surface area (Å²) in [5, 5.41) is 5.76. The van der Waals surface area contributed by atoms with Gasteiger partial charge in [-0.1, -0.05) is 48.5 Å². The van der Waals surface area contributed by atoms with Gasteiger partial charge in [-0.15, -0.1) is 11.3 Å². The highest BCUT2D eigenvalue weighted by Gasteiger charge is 2.09. The van der Waals surface area contributed by atoms with Gasteiger partial charge in [0.05, 0.1) is 5.69 Å². The molecule has 1 amide bonds. The van der Waals surface area contributed by atoms with Crippen molar-refractivity contribution in [3.05, 3.63) is 95.6 Å². The van der Waals surface area contributed by atoms with E-state index in [-0.39, 0.29) is 11.5 Å². The summed E-state index contributed by atoms with van der Waals surface area (Å²) in [5.41, 5.74) is 3.88. The monoisotopic (exact) mass is 374 g/mol. The predicted octanol–water partition coefficient (Wildman–Crippen LogP) is 5.87. The molecular weight excluding hydrogens is 359 g/mol. The molecule has 0 aliphatic rings. The maximum atomic E-state index is 13.2. The van der Waals surface area contributed by atoms with E-state index in [1.807, 2.05) is 60.0 Å². The van der Waals surface area contributed by atoms with Crippen LogP contribution in [0.25, 0.3) is 21.8 Å². The molecule has 1 N–H and O–H groups in total. The Hall–Kier alpha value is -3.31. The molecular formula is C22H15FN2OS. The highest BCUT2D eigenvalue weighted by Crippen LogP contribution is 2.29. The fourth-order valence-corrected chi connectivity index (χ4v) is 3.51. The Kier molecular flexibility index (Phi) is 4.77. The number of thiazole rings is 1.